The van der Waals surface area contributed by atoms with Crippen LogP contribution in [-0.4, -0.2) is 35.1 Å². The molecule has 2 heterocycles. The summed E-state index contributed by atoms with van der Waals surface area (Å²) in [6, 6.07) is 3.32. The second-order valence-corrected chi connectivity index (χ2v) is 8.19. The number of esters is 1. The lowest BCUT2D eigenvalue weighted by atomic mass is 9.85. The third-order valence-electron chi connectivity index (χ3n) is 6.16. The van der Waals surface area contributed by atoms with E-state index >= 15 is 0 Å². The van der Waals surface area contributed by atoms with Crippen LogP contribution < -0.4 is 4.90 Å². The zero-order valence-electron chi connectivity index (χ0n) is 16.3. The minimum Gasteiger partial charge on any atom is -0.467 e. The van der Waals surface area contributed by atoms with Gasteiger partial charge in [0, 0.05) is 22.3 Å². The predicted molar refractivity (Wildman–Crippen MR) is 103 cm³/mol. The van der Waals surface area contributed by atoms with E-state index in [1.165, 1.54) is 7.11 Å². The molecule has 6 heteroatoms. The van der Waals surface area contributed by atoms with Gasteiger partial charge in [0.1, 0.15) is 6.04 Å². The molecule has 0 radical (unpaired) electrons. The molecule has 0 fully saturated rings. The number of aromatic amines is 1. The van der Waals surface area contributed by atoms with Gasteiger partial charge in [-0.2, -0.15) is 0 Å². The van der Waals surface area contributed by atoms with E-state index in [0.717, 1.165) is 59.1 Å². The van der Waals surface area contributed by atoms with Crippen molar-refractivity contribution in [1.29, 1.82) is 0 Å². The fourth-order valence-corrected chi connectivity index (χ4v) is 4.53. The number of hydrogen-bond donors (Lipinski definition) is 2. The molecule has 1 aliphatic carbocycles. The molecule has 0 saturated carbocycles. The minimum absolute atomic E-state index is 0.103. The number of ether oxygens (including phenoxy) is 1. The molecule has 0 saturated heterocycles. The van der Waals surface area contributed by atoms with E-state index in [9.17, 15) is 14.7 Å². The van der Waals surface area contributed by atoms with Crippen molar-refractivity contribution in [2.45, 2.75) is 64.0 Å². The molecular weight excluding hydrogens is 344 g/mol. The van der Waals surface area contributed by atoms with E-state index in [0.29, 0.717) is 0 Å². The van der Waals surface area contributed by atoms with Gasteiger partial charge in [-0.15, -0.1) is 0 Å². The number of H-pyrrole nitrogens is 1. The SMILES string of the molecule is COC(=O)C(C)N1C(=O)C(C)(C)c2cc3[nH]c4c(c3cc21)CCCCC4O. The Morgan fingerprint density at radius 1 is 1.37 bits per heavy atom. The average Bonchev–Trinajstić information content (AvgIpc) is 3.01. The highest BCUT2D eigenvalue weighted by Crippen LogP contribution is 2.46. The van der Waals surface area contributed by atoms with Gasteiger partial charge in [-0.25, -0.2) is 4.79 Å². The van der Waals surface area contributed by atoms with Crippen LogP contribution >= 0.6 is 0 Å². The van der Waals surface area contributed by atoms with Crippen molar-refractivity contribution >= 4 is 28.5 Å². The van der Waals surface area contributed by atoms with Crippen LogP contribution in [-0.2, 0) is 26.2 Å². The van der Waals surface area contributed by atoms with Crippen molar-refractivity contribution < 1.29 is 19.4 Å². The maximum atomic E-state index is 13.1. The minimum atomic E-state index is -0.729. The number of benzene rings is 1. The summed E-state index contributed by atoms with van der Waals surface area (Å²) in [4.78, 5) is 30.2. The third kappa shape index (κ3) is 2.50. The molecule has 0 bridgehead atoms. The lowest BCUT2D eigenvalue weighted by Gasteiger charge is -2.25. The van der Waals surface area contributed by atoms with Gasteiger partial charge in [0.15, 0.2) is 0 Å². The van der Waals surface area contributed by atoms with Crippen molar-refractivity contribution in [2.75, 3.05) is 12.0 Å². The van der Waals surface area contributed by atoms with E-state index in [-0.39, 0.29) is 5.91 Å². The number of hydrogen-bond acceptors (Lipinski definition) is 4. The van der Waals surface area contributed by atoms with E-state index < -0.39 is 23.5 Å². The standard InChI is InChI=1S/C21H26N2O4/c1-11(19(25)27-4)23-16-9-13-12-7-5-6-8-17(24)18(12)22-15(13)10-14(16)21(2,3)20(23)26/h9-11,17,22,24H,5-8H2,1-4H3. The van der Waals surface area contributed by atoms with Gasteiger partial charge in [0.2, 0.25) is 5.91 Å². The zero-order valence-corrected chi connectivity index (χ0v) is 16.3. The summed E-state index contributed by atoms with van der Waals surface area (Å²) >= 11 is 0. The Labute approximate surface area is 158 Å². The molecule has 4 rings (SSSR count). The van der Waals surface area contributed by atoms with E-state index in [1.54, 1.807) is 11.8 Å². The summed E-state index contributed by atoms with van der Waals surface area (Å²) in [5, 5.41) is 11.5. The Hall–Kier alpha value is -2.34. The number of fused-ring (bicyclic) bond motifs is 4. The Kier molecular flexibility index (Phi) is 4.07. The Morgan fingerprint density at radius 2 is 2.11 bits per heavy atom. The number of nitrogens with zero attached hydrogens (tertiary/aromatic N) is 1. The van der Waals surface area contributed by atoms with Crippen LogP contribution in [0.1, 0.15) is 63.0 Å². The van der Waals surface area contributed by atoms with E-state index in [2.05, 4.69) is 4.98 Å². The highest BCUT2D eigenvalue weighted by molar-refractivity contribution is 6.12. The molecule has 0 spiro atoms. The Balaban J connectivity index is 1.93. The molecule has 6 nitrogen and oxygen atoms in total. The molecule has 1 amide bonds. The molecule has 2 atom stereocenters. The average molecular weight is 370 g/mol. The first-order valence-corrected chi connectivity index (χ1v) is 9.56. The predicted octanol–water partition coefficient (Wildman–Crippen LogP) is 3.11. The molecule has 1 aromatic heterocycles. The largest absolute Gasteiger partial charge is 0.467 e. The Bertz CT molecular complexity index is 943. The van der Waals surface area contributed by atoms with Crippen molar-refractivity contribution in [3.63, 3.8) is 0 Å². The van der Waals surface area contributed by atoms with Crippen LogP contribution in [0.3, 0.4) is 0 Å². The monoisotopic (exact) mass is 370 g/mol. The van der Waals surface area contributed by atoms with Crippen LogP contribution in [0, 0.1) is 0 Å². The molecule has 27 heavy (non-hydrogen) atoms. The van der Waals surface area contributed by atoms with Gasteiger partial charge in [-0.1, -0.05) is 6.42 Å². The quantitative estimate of drug-likeness (QED) is 0.629. The van der Waals surface area contributed by atoms with Crippen LogP contribution in [0.15, 0.2) is 12.1 Å². The number of aryl methyl sites for hydroxylation is 1. The number of methoxy groups -OCH3 is 1. The van der Waals surface area contributed by atoms with Gasteiger partial charge in [0.05, 0.1) is 18.6 Å². The summed E-state index contributed by atoms with van der Waals surface area (Å²) < 4.78 is 4.88. The third-order valence-corrected chi connectivity index (χ3v) is 6.16. The number of amides is 1. The maximum absolute atomic E-state index is 13.1. The van der Waals surface area contributed by atoms with Crippen LogP contribution in [0.25, 0.3) is 10.9 Å². The summed E-state index contributed by atoms with van der Waals surface area (Å²) in [6.45, 7) is 5.46. The second-order valence-electron chi connectivity index (χ2n) is 8.19. The number of anilines is 1. The van der Waals surface area contributed by atoms with Crippen molar-refractivity contribution in [3.05, 3.63) is 29.0 Å². The second kappa shape index (κ2) is 6.09. The number of carbonyl (C=O) groups is 2. The number of nitrogens with one attached hydrogen (secondary N) is 1. The van der Waals surface area contributed by atoms with E-state index in [1.807, 2.05) is 26.0 Å². The number of aliphatic hydroxyl groups excluding tert-OH is 1. The van der Waals surface area contributed by atoms with Gasteiger partial charge in [-0.3, -0.25) is 9.69 Å². The fourth-order valence-electron chi connectivity index (χ4n) is 4.53. The maximum Gasteiger partial charge on any atom is 0.328 e. The molecular formula is C21H26N2O4. The molecule has 2 aromatic rings. The summed E-state index contributed by atoms with van der Waals surface area (Å²) in [6.07, 6.45) is 3.20. The summed E-state index contributed by atoms with van der Waals surface area (Å²) in [5.41, 5.74) is 3.88. The zero-order chi connectivity index (χ0) is 19.5. The number of carbonyl (C=O) groups excluding carboxylic acids is 2. The first kappa shape index (κ1) is 18.0. The Morgan fingerprint density at radius 3 is 2.81 bits per heavy atom. The van der Waals surface area contributed by atoms with Crippen LogP contribution in [0.4, 0.5) is 5.69 Å². The van der Waals surface area contributed by atoms with Gasteiger partial charge in [0.25, 0.3) is 0 Å². The number of aliphatic hydroxyl groups is 1. The van der Waals surface area contributed by atoms with E-state index in [4.69, 9.17) is 4.74 Å². The van der Waals surface area contributed by atoms with Crippen LogP contribution in [0.2, 0.25) is 0 Å². The number of rotatable bonds is 2. The van der Waals surface area contributed by atoms with Gasteiger partial charge in [-0.05, 0) is 63.3 Å². The van der Waals surface area contributed by atoms with Crippen molar-refractivity contribution in [1.82, 2.24) is 4.98 Å². The highest BCUT2D eigenvalue weighted by Gasteiger charge is 2.47. The molecule has 2 aliphatic rings. The fraction of sp³-hybridized carbons (Fsp3) is 0.524. The summed E-state index contributed by atoms with van der Waals surface area (Å²) in [7, 11) is 1.34. The van der Waals surface area contributed by atoms with Crippen molar-refractivity contribution in [2.24, 2.45) is 0 Å². The first-order chi connectivity index (χ1) is 12.8. The topological polar surface area (TPSA) is 82.6 Å². The van der Waals surface area contributed by atoms with Crippen LogP contribution in [0.5, 0.6) is 0 Å². The lowest BCUT2D eigenvalue weighted by molar-refractivity contribution is -0.143. The highest BCUT2D eigenvalue weighted by atomic mass is 16.5. The molecule has 1 aliphatic heterocycles. The number of aromatic nitrogens is 1. The smallest absolute Gasteiger partial charge is 0.328 e. The van der Waals surface area contributed by atoms with Crippen molar-refractivity contribution in [3.8, 4) is 0 Å². The molecule has 144 valence electrons. The summed E-state index contributed by atoms with van der Waals surface area (Å²) in [5.74, 6) is -0.537. The lowest BCUT2D eigenvalue weighted by Crippen LogP contribution is -2.45. The molecule has 2 unspecified atom stereocenters. The normalized spacial score (nSPS) is 22.3. The van der Waals surface area contributed by atoms with Gasteiger partial charge < -0.3 is 14.8 Å². The van der Waals surface area contributed by atoms with Gasteiger partial charge >= 0.3 is 5.97 Å². The molecule has 1 aromatic carbocycles. The first-order valence-electron chi connectivity index (χ1n) is 9.56. The molecule has 2 N–H and O–H groups in total.